The Bertz CT molecular complexity index is 736. The maximum Gasteiger partial charge on any atom is 1.00 e. The largest absolute Gasteiger partial charge is 1.00 e. The van der Waals surface area contributed by atoms with Crippen LogP contribution in [0.5, 0.6) is 0 Å². The van der Waals surface area contributed by atoms with Crippen LogP contribution in [0.1, 0.15) is 103 Å². The van der Waals surface area contributed by atoms with Gasteiger partial charge in [0.1, 0.15) is 0 Å². The van der Waals surface area contributed by atoms with Gasteiger partial charge >= 0.3 is 29.6 Å². The first-order valence-corrected chi connectivity index (χ1v) is 14.9. The minimum absolute atomic E-state index is 0. The molecule has 30 heavy (non-hydrogen) atoms. The Labute approximate surface area is 208 Å². The molecule has 3 nitrogen and oxygen atoms in total. The fourth-order valence-corrected chi connectivity index (χ4v) is 11.4. The van der Waals surface area contributed by atoms with E-state index in [4.69, 9.17) is 0 Å². The molecule has 3 aliphatic carbocycles. The minimum atomic E-state index is -4.09. The van der Waals surface area contributed by atoms with E-state index in [2.05, 4.69) is 0 Å². The quantitative estimate of drug-likeness (QED) is 0.407. The van der Waals surface area contributed by atoms with Crippen molar-refractivity contribution in [1.29, 1.82) is 0 Å². The van der Waals surface area contributed by atoms with Gasteiger partial charge in [-0.1, -0.05) is 58.6 Å². The van der Waals surface area contributed by atoms with Crippen molar-refractivity contribution in [2.24, 2.45) is 0 Å². The summed E-state index contributed by atoms with van der Waals surface area (Å²) in [4.78, 5) is 0.00746. The van der Waals surface area contributed by atoms with E-state index in [0.29, 0.717) is 5.92 Å². The Hall–Kier alpha value is 0.560. The summed E-state index contributed by atoms with van der Waals surface area (Å²) in [5, 5.41) is 0. The standard InChI is InChI=1S/C24H37O3PS.Na.H/c25-29(26,27)24-17-13-20(14-18-24)19-11-15-23(16-12-19)28(21-7-3-1-4-8-21)22-9-5-2-6-10-22;;/h13-14,17-19,21-23H,1-12,15-16H2,(H,25,26,27);;/q;+1;-1. The number of hydrogen-bond donors (Lipinski definition) is 1. The normalized spacial score (nSPS) is 27.0. The second kappa shape index (κ2) is 11.6. The predicted octanol–water partition coefficient (Wildman–Crippen LogP) is 4.22. The molecule has 0 aromatic heterocycles. The Morgan fingerprint density at radius 1 is 0.700 bits per heavy atom. The van der Waals surface area contributed by atoms with Crippen molar-refractivity contribution in [1.82, 2.24) is 0 Å². The van der Waals surface area contributed by atoms with E-state index < -0.39 is 10.1 Å². The molecule has 0 unspecified atom stereocenters. The van der Waals surface area contributed by atoms with Gasteiger partial charge < -0.3 is 1.43 Å². The van der Waals surface area contributed by atoms with Gasteiger partial charge in [-0.15, -0.1) is 0 Å². The molecule has 164 valence electrons. The average molecular weight is 461 g/mol. The molecule has 1 N–H and O–H groups in total. The molecule has 0 spiro atoms. The Morgan fingerprint density at radius 3 is 1.57 bits per heavy atom. The van der Waals surface area contributed by atoms with Gasteiger partial charge in [0.25, 0.3) is 10.1 Å². The fourth-order valence-electron chi connectivity index (χ4n) is 6.27. The summed E-state index contributed by atoms with van der Waals surface area (Å²) in [6, 6.07) is 6.96. The summed E-state index contributed by atoms with van der Waals surface area (Å²) >= 11 is 0. The number of rotatable bonds is 5. The molecule has 6 heteroatoms. The zero-order valence-electron chi connectivity index (χ0n) is 19.6. The van der Waals surface area contributed by atoms with Crippen molar-refractivity contribution in [3.05, 3.63) is 29.8 Å². The topological polar surface area (TPSA) is 54.4 Å². The monoisotopic (exact) mass is 460 g/mol. The maximum absolute atomic E-state index is 11.3. The maximum atomic E-state index is 11.3. The first-order valence-electron chi connectivity index (χ1n) is 11.9. The van der Waals surface area contributed by atoms with Crippen molar-refractivity contribution >= 4 is 18.0 Å². The van der Waals surface area contributed by atoms with E-state index in [9.17, 15) is 13.0 Å². The number of hydrogen-bond acceptors (Lipinski definition) is 2. The Morgan fingerprint density at radius 2 is 1.13 bits per heavy atom. The molecule has 3 saturated carbocycles. The van der Waals surface area contributed by atoms with Gasteiger partial charge in [0.2, 0.25) is 0 Å². The van der Waals surface area contributed by atoms with E-state index in [1.165, 1.54) is 95.5 Å². The summed E-state index contributed by atoms with van der Waals surface area (Å²) in [6.07, 6.45) is 20.0. The van der Waals surface area contributed by atoms with Crippen LogP contribution in [0, 0.1) is 0 Å². The Balaban J connectivity index is 0.00000171. The molecular formula is C24H38NaO3PS. The zero-order valence-corrected chi connectivity index (χ0v) is 22.3. The average Bonchev–Trinajstić information content (AvgIpc) is 2.76. The van der Waals surface area contributed by atoms with Gasteiger partial charge in [0, 0.05) is 0 Å². The van der Waals surface area contributed by atoms with Crippen LogP contribution in [0.2, 0.25) is 0 Å². The van der Waals surface area contributed by atoms with Crippen LogP contribution in [0.3, 0.4) is 0 Å². The van der Waals surface area contributed by atoms with Gasteiger partial charge in [-0.25, -0.2) is 0 Å². The second-order valence-corrected chi connectivity index (χ2v) is 14.1. The van der Waals surface area contributed by atoms with Crippen molar-refractivity contribution in [2.75, 3.05) is 0 Å². The SMILES string of the molecule is O=S(=O)(O)c1ccc(C2CCC(P(C3CCCCC3)C3CCCCC3)CC2)cc1.[H-].[Na+]. The van der Waals surface area contributed by atoms with Gasteiger partial charge in [0.05, 0.1) is 4.90 Å². The fraction of sp³-hybridized carbons (Fsp3) is 0.750. The van der Waals surface area contributed by atoms with Crippen molar-refractivity contribution in [2.45, 2.75) is 118 Å². The van der Waals surface area contributed by atoms with E-state index >= 15 is 0 Å². The molecule has 0 heterocycles. The molecule has 4 rings (SSSR count). The van der Waals surface area contributed by atoms with Crippen molar-refractivity contribution in [3.8, 4) is 0 Å². The number of benzene rings is 1. The molecule has 0 aliphatic heterocycles. The molecule has 0 saturated heterocycles. The second-order valence-electron chi connectivity index (χ2n) is 9.58. The summed E-state index contributed by atoms with van der Waals surface area (Å²) < 4.78 is 31.8. The first-order chi connectivity index (χ1) is 14.0. The third kappa shape index (κ3) is 6.33. The van der Waals surface area contributed by atoms with E-state index in [1.54, 1.807) is 12.1 Å². The summed E-state index contributed by atoms with van der Waals surface area (Å²) in [5.74, 6) is 0.552. The molecule has 0 atom stereocenters. The van der Waals surface area contributed by atoms with E-state index in [1.807, 2.05) is 12.1 Å². The molecule has 0 radical (unpaired) electrons. The summed E-state index contributed by atoms with van der Waals surface area (Å²) in [6.45, 7) is 0. The van der Waals surface area contributed by atoms with Crippen LogP contribution in [0.25, 0.3) is 0 Å². The minimum Gasteiger partial charge on any atom is -1.00 e. The molecular weight excluding hydrogens is 422 g/mol. The molecule has 3 aliphatic rings. The van der Waals surface area contributed by atoms with Crippen LogP contribution in [-0.2, 0) is 10.1 Å². The van der Waals surface area contributed by atoms with Crippen LogP contribution in [0.15, 0.2) is 29.2 Å². The van der Waals surface area contributed by atoms with Crippen LogP contribution in [-0.4, -0.2) is 29.9 Å². The van der Waals surface area contributed by atoms with Gasteiger partial charge in [0.15, 0.2) is 0 Å². The molecule has 3 fully saturated rings. The smallest absolute Gasteiger partial charge is 1.00 e. The van der Waals surface area contributed by atoms with Gasteiger partial charge in [-0.05, 0) is 92.0 Å². The molecule has 1 aromatic rings. The Kier molecular flexibility index (Phi) is 9.75. The third-order valence-corrected chi connectivity index (χ3v) is 12.7. The van der Waals surface area contributed by atoms with Crippen molar-refractivity contribution < 1.29 is 44.0 Å². The first kappa shape index (κ1) is 25.2. The van der Waals surface area contributed by atoms with Crippen LogP contribution >= 0.6 is 7.92 Å². The van der Waals surface area contributed by atoms with Gasteiger partial charge in [-0.3, -0.25) is 4.55 Å². The van der Waals surface area contributed by atoms with Crippen molar-refractivity contribution in [3.63, 3.8) is 0 Å². The summed E-state index contributed by atoms with van der Waals surface area (Å²) in [5.41, 5.74) is 4.29. The van der Waals surface area contributed by atoms with Gasteiger partial charge in [-0.2, -0.15) is 8.42 Å². The molecule has 0 bridgehead atoms. The van der Waals surface area contributed by atoms with Crippen LogP contribution in [0.4, 0.5) is 0 Å². The molecule has 0 amide bonds. The predicted molar refractivity (Wildman–Crippen MR) is 123 cm³/mol. The van der Waals surface area contributed by atoms with E-state index in [0.717, 1.165) is 17.0 Å². The van der Waals surface area contributed by atoms with E-state index in [-0.39, 0.29) is 43.8 Å². The van der Waals surface area contributed by atoms with Crippen LogP contribution < -0.4 is 29.6 Å². The third-order valence-electron chi connectivity index (χ3n) is 7.76. The molecule has 1 aromatic carbocycles. The zero-order chi connectivity index (χ0) is 20.3. The summed E-state index contributed by atoms with van der Waals surface area (Å²) in [7, 11) is -3.93.